The fraction of sp³-hybridized carbons (Fsp3) is 0.278. The molecule has 0 saturated carbocycles. The Bertz CT molecular complexity index is 692. The van der Waals surface area contributed by atoms with Crippen LogP contribution in [0.5, 0.6) is 11.5 Å². The maximum Gasteiger partial charge on any atom is 0.315 e. The molecule has 0 aromatic heterocycles. The number of carbonyl (C=O) groups is 1. The first-order valence-corrected chi connectivity index (χ1v) is 9.45. The van der Waals surface area contributed by atoms with Gasteiger partial charge in [-0.3, -0.25) is 4.21 Å². The van der Waals surface area contributed by atoms with Gasteiger partial charge in [-0.2, -0.15) is 0 Å². The molecule has 0 saturated heterocycles. The third-order valence-corrected chi connectivity index (χ3v) is 4.16. The average Bonchev–Trinajstić information content (AvgIpc) is 2.56. The highest BCUT2D eigenvalue weighted by Gasteiger charge is 2.14. The van der Waals surface area contributed by atoms with Crippen LogP contribution in [0.15, 0.2) is 54.6 Å². The van der Waals surface area contributed by atoms with Crippen LogP contribution in [0, 0.1) is 0 Å². The second-order valence-electron chi connectivity index (χ2n) is 5.35. The van der Waals surface area contributed by atoms with Gasteiger partial charge >= 0.3 is 6.03 Å². The minimum atomic E-state index is -0.919. The molecule has 0 bridgehead atoms. The van der Waals surface area contributed by atoms with Crippen LogP contribution in [0.3, 0.4) is 0 Å². The van der Waals surface area contributed by atoms with E-state index in [1.807, 2.05) is 61.5 Å². The van der Waals surface area contributed by atoms with Gasteiger partial charge in [0.05, 0.1) is 6.04 Å². The fourth-order valence-electron chi connectivity index (χ4n) is 2.18. The third kappa shape index (κ3) is 5.70. The smallest absolute Gasteiger partial charge is 0.315 e. The summed E-state index contributed by atoms with van der Waals surface area (Å²) >= 11 is 0. The number of hydrogen-bond donors (Lipinski definition) is 2. The Morgan fingerprint density at radius 2 is 1.79 bits per heavy atom. The van der Waals surface area contributed by atoms with Gasteiger partial charge in [-0.05, 0) is 25.1 Å². The molecule has 0 spiro atoms. The number of carbonyl (C=O) groups excluding carboxylic acids is 1. The first-order chi connectivity index (χ1) is 11.6. The van der Waals surface area contributed by atoms with Crippen molar-refractivity contribution < 1.29 is 13.7 Å². The van der Waals surface area contributed by atoms with E-state index in [1.165, 1.54) is 0 Å². The number of ether oxygens (including phenoxy) is 1. The zero-order valence-corrected chi connectivity index (χ0v) is 14.6. The molecule has 2 unspecified atom stereocenters. The summed E-state index contributed by atoms with van der Waals surface area (Å²) < 4.78 is 16.9. The highest BCUT2D eigenvalue weighted by Crippen LogP contribution is 2.29. The van der Waals surface area contributed by atoms with Gasteiger partial charge in [0, 0.05) is 34.9 Å². The Kier molecular flexibility index (Phi) is 6.81. The van der Waals surface area contributed by atoms with Crippen LogP contribution in [0.2, 0.25) is 0 Å². The van der Waals surface area contributed by atoms with E-state index >= 15 is 0 Å². The molecule has 2 rings (SSSR count). The number of amides is 2. The van der Waals surface area contributed by atoms with Crippen molar-refractivity contribution in [3.63, 3.8) is 0 Å². The molecule has 2 aromatic carbocycles. The molecule has 0 radical (unpaired) electrons. The highest BCUT2D eigenvalue weighted by molar-refractivity contribution is 7.84. The Balaban J connectivity index is 2.00. The second-order valence-corrected chi connectivity index (χ2v) is 6.91. The Morgan fingerprint density at radius 1 is 1.12 bits per heavy atom. The number of hydrogen-bond acceptors (Lipinski definition) is 3. The van der Waals surface area contributed by atoms with Crippen LogP contribution in [0.25, 0.3) is 0 Å². The molecule has 2 atom stereocenters. The molecule has 0 aliphatic carbocycles. The van der Waals surface area contributed by atoms with E-state index in [0.717, 1.165) is 11.3 Å². The minimum absolute atomic E-state index is 0.225. The molecule has 5 nitrogen and oxygen atoms in total. The van der Waals surface area contributed by atoms with Gasteiger partial charge in [-0.25, -0.2) is 4.79 Å². The quantitative estimate of drug-likeness (QED) is 0.809. The number of nitrogens with one attached hydrogen (secondary N) is 2. The van der Waals surface area contributed by atoms with E-state index < -0.39 is 10.8 Å². The van der Waals surface area contributed by atoms with Crippen molar-refractivity contribution in [3.8, 4) is 11.5 Å². The van der Waals surface area contributed by atoms with Crippen molar-refractivity contribution in [2.45, 2.75) is 13.0 Å². The molecule has 2 N–H and O–H groups in total. The van der Waals surface area contributed by atoms with Crippen molar-refractivity contribution in [1.29, 1.82) is 0 Å². The number of urea groups is 1. The van der Waals surface area contributed by atoms with Crippen LogP contribution >= 0.6 is 0 Å². The van der Waals surface area contributed by atoms with Crippen LogP contribution in [-0.4, -0.2) is 28.8 Å². The molecule has 128 valence electrons. The third-order valence-electron chi connectivity index (χ3n) is 3.38. The summed E-state index contributed by atoms with van der Waals surface area (Å²) in [5.41, 5.74) is 0.885. The lowest BCUT2D eigenvalue weighted by atomic mass is 10.1. The molecule has 2 amide bonds. The summed E-state index contributed by atoms with van der Waals surface area (Å²) in [6.45, 7) is 2.27. The number of para-hydroxylation sites is 2. The van der Waals surface area contributed by atoms with Crippen LogP contribution in [0.4, 0.5) is 4.79 Å². The monoisotopic (exact) mass is 346 g/mol. The zero-order chi connectivity index (χ0) is 17.4. The van der Waals surface area contributed by atoms with Gasteiger partial charge in [0.1, 0.15) is 11.5 Å². The van der Waals surface area contributed by atoms with Crippen molar-refractivity contribution in [3.05, 3.63) is 60.2 Å². The van der Waals surface area contributed by atoms with E-state index in [2.05, 4.69) is 10.6 Å². The first kappa shape index (κ1) is 18.0. The summed E-state index contributed by atoms with van der Waals surface area (Å²) in [5, 5.41) is 5.57. The maximum atomic E-state index is 11.9. The van der Waals surface area contributed by atoms with Crippen LogP contribution in [-0.2, 0) is 10.8 Å². The molecule has 0 fully saturated rings. The SMILES string of the molecule is CC(NC(=O)NCCS(C)=O)c1ccccc1Oc1ccccc1. The molecule has 6 heteroatoms. The molecular formula is C18H22N2O3S. The predicted molar refractivity (Wildman–Crippen MR) is 96.8 cm³/mol. The van der Waals surface area contributed by atoms with Crippen molar-refractivity contribution >= 4 is 16.8 Å². The lowest BCUT2D eigenvalue weighted by Gasteiger charge is -2.18. The van der Waals surface area contributed by atoms with Gasteiger partial charge in [0.15, 0.2) is 0 Å². The summed E-state index contributed by atoms with van der Waals surface area (Å²) in [7, 11) is -0.919. The maximum absolute atomic E-state index is 11.9. The van der Waals surface area contributed by atoms with Crippen molar-refractivity contribution in [1.82, 2.24) is 10.6 Å². The van der Waals surface area contributed by atoms with Gasteiger partial charge < -0.3 is 15.4 Å². The molecule has 2 aromatic rings. The fourth-order valence-corrected chi connectivity index (χ4v) is 2.57. The zero-order valence-electron chi connectivity index (χ0n) is 13.8. The standard InChI is InChI=1S/C18H22N2O3S/c1-14(20-18(21)19-12-13-24(2)22)16-10-6-7-11-17(16)23-15-8-4-3-5-9-15/h3-11,14H,12-13H2,1-2H3,(H2,19,20,21). The second kappa shape index (κ2) is 9.08. The lowest BCUT2D eigenvalue weighted by molar-refractivity contribution is 0.238. The summed E-state index contributed by atoms with van der Waals surface area (Å²) in [6.07, 6.45) is 1.61. The van der Waals surface area contributed by atoms with Gasteiger partial charge in [-0.1, -0.05) is 36.4 Å². The van der Waals surface area contributed by atoms with Crippen molar-refractivity contribution in [2.75, 3.05) is 18.6 Å². The molecule has 0 aliphatic rings. The van der Waals surface area contributed by atoms with Gasteiger partial charge in [0.2, 0.25) is 0 Å². The van der Waals surface area contributed by atoms with E-state index in [-0.39, 0.29) is 12.1 Å². The summed E-state index contributed by atoms with van der Waals surface area (Å²) in [5.74, 6) is 1.88. The Morgan fingerprint density at radius 3 is 2.50 bits per heavy atom. The Labute approximate surface area is 144 Å². The normalized spacial score (nSPS) is 12.9. The van der Waals surface area contributed by atoms with Gasteiger partial charge in [-0.15, -0.1) is 0 Å². The average molecular weight is 346 g/mol. The largest absolute Gasteiger partial charge is 0.457 e. The highest BCUT2D eigenvalue weighted by atomic mass is 32.2. The van der Waals surface area contributed by atoms with E-state index in [4.69, 9.17) is 4.74 Å². The number of rotatable bonds is 7. The predicted octanol–water partition coefficient (Wildman–Crippen LogP) is 3.22. The van der Waals surface area contributed by atoms with Crippen LogP contribution in [0.1, 0.15) is 18.5 Å². The van der Waals surface area contributed by atoms with Crippen LogP contribution < -0.4 is 15.4 Å². The molecule has 24 heavy (non-hydrogen) atoms. The number of benzene rings is 2. The summed E-state index contributed by atoms with van der Waals surface area (Å²) in [6, 6.07) is 16.6. The first-order valence-electron chi connectivity index (χ1n) is 7.72. The lowest BCUT2D eigenvalue weighted by Crippen LogP contribution is -2.38. The van der Waals surface area contributed by atoms with E-state index in [0.29, 0.717) is 18.0 Å². The molecule has 0 heterocycles. The van der Waals surface area contributed by atoms with Gasteiger partial charge in [0.25, 0.3) is 0 Å². The molecule has 0 aliphatic heterocycles. The van der Waals surface area contributed by atoms with E-state index in [1.54, 1.807) is 6.26 Å². The Hall–Kier alpha value is -2.34. The molecular weight excluding hydrogens is 324 g/mol. The minimum Gasteiger partial charge on any atom is -0.457 e. The summed E-state index contributed by atoms with van der Waals surface area (Å²) in [4.78, 5) is 11.9. The van der Waals surface area contributed by atoms with E-state index in [9.17, 15) is 9.00 Å². The van der Waals surface area contributed by atoms with Crippen molar-refractivity contribution in [2.24, 2.45) is 0 Å². The topological polar surface area (TPSA) is 67.4 Å².